The second kappa shape index (κ2) is 5.57. The molecule has 106 valence electrons. The van der Waals surface area contributed by atoms with Crippen molar-refractivity contribution in [3.63, 3.8) is 0 Å². The van der Waals surface area contributed by atoms with E-state index in [1.807, 2.05) is 11.3 Å². The molecular weight excluding hydrogens is 276 g/mol. The number of hydrogen-bond acceptors (Lipinski definition) is 3. The van der Waals surface area contributed by atoms with Crippen LogP contribution >= 0.6 is 11.3 Å². The van der Waals surface area contributed by atoms with E-state index in [2.05, 4.69) is 41.5 Å². The third-order valence-corrected chi connectivity index (χ3v) is 5.45. The van der Waals surface area contributed by atoms with Crippen LogP contribution < -0.4 is 0 Å². The third-order valence-electron chi connectivity index (χ3n) is 4.25. The maximum Gasteiger partial charge on any atom is 0.130 e. The fourth-order valence-electron chi connectivity index (χ4n) is 3.10. The van der Waals surface area contributed by atoms with Gasteiger partial charge in [-0.25, -0.2) is 9.97 Å². The first-order chi connectivity index (χ1) is 10.4. The molecule has 0 atom stereocenters. The van der Waals surface area contributed by atoms with Crippen LogP contribution in [-0.2, 0) is 25.7 Å². The number of fused-ring (bicyclic) bond motifs is 3. The number of nitrogens with zero attached hydrogens (tertiary/aromatic N) is 2. The fourth-order valence-corrected chi connectivity index (χ4v) is 4.35. The zero-order chi connectivity index (χ0) is 14.1. The first-order valence-electron chi connectivity index (χ1n) is 7.70. The standard InChI is InChI=1S/C18H18N2S/c1-2-6-13(7-3-1)10-11-17-19-12-15-14-8-4-5-9-16(14)21-18(15)20-17/h1-3,6-7,12H,4-5,8-11H2. The van der Waals surface area contributed by atoms with Gasteiger partial charge in [0.1, 0.15) is 10.7 Å². The lowest BCUT2D eigenvalue weighted by molar-refractivity contribution is 0.700. The summed E-state index contributed by atoms with van der Waals surface area (Å²) in [5.74, 6) is 0.977. The molecular formula is C18H18N2S. The quantitative estimate of drug-likeness (QED) is 0.717. The largest absolute Gasteiger partial charge is 0.241 e. The topological polar surface area (TPSA) is 25.8 Å². The third kappa shape index (κ3) is 2.58. The molecule has 3 aromatic rings. The van der Waals surface area contributed by atoms with Crippen LogP contribution in [0.4, 0.5) is 0 Å². The van der Waals surface area contributed by atoms with Gasteiger partial charge in [0.2, 0.25) is 0 Å². The minimum atomic E-state index is 0.919. The van der Waals surface area contributed by atoms with Crippen molar-refractivity contribution in [2.75, 3.05) is 0 Å². The molecule has 0 radical (unpaired) electrons. The number of rotatable bonds is 3. The molecule has 0 N–H and O–H groups in total. The molecule has 1 aliphatic rings. The van der Waals surface area contributed by atoms with Gasteiger partial charge in [-0.2, -0.15) is 0 Å². The molecule has 0 saturated carbocycles. The molecule has 1 aromatic carbocycles. The maximum atomic E-state index is 4.80. The average Bonchev–Trinajstić information content (AvgIpc) is 2.91. The van der Waals surface area contributed by atoms with Crippen molar-refractivity contribution in [3.05, 3.63) is 58.4 Å². The van der Waals surface area contributed by atoms with E-state index in [0.717, 1.165) is 18.7 Å². The van der Waals surface area contributed by atoms with Gasteiger partial charge in [-0.15, -0.1) is 11.3 Å². The molecule has 0 fully saturated rings. The van der Waals surface area contributed by atoms with E-state index >= 15 is 0 Å². The fraction of sp³-hybridized carbons (Fsp3) is 0.333. The summed E-state index contributed by atoms with van der Waals surface area (Å²) in [5, 5.41) is 1.30. The Labute approximate surface area is 128 Å². The molecule has 1 aliphatic carbocycles. The van der Waals surface area contributed by atoms with E-state index < -0.39 is 0 Å². The highest BCUT2D eigenvalue weighted by molar-refractivity contribution is 7.18. The van der Waals surface area contributed by atoms with Crippen molar-refractivity contribution in [1.29, 1.82) is 0 Å². The van der Waals surface area contributed by atoms with Crippen LogP contribution in [0.25, 0.3) is 10.2 Å². The predicted octanol–water partition coefficient (Wildman–Crippen LogP) is 4.36. The number of benzene rings is 1. The summed E-state index contributed by atoms with van der Waals surface area (Å²) in [5.41, 5.74) is 2.88. The minimum absolute atomic E-state index is 0.919. The van der Waals surface area contributed by atoms with Gasteiger partial charge in [0.15, 0.2) is 0 Å². The van der Waals surface area contributed by atoms with E-state index in [1.54, 1.807) is 4.88 Å². The Morgan fingerprint density at radius 3 is 2.76 bits per heavy atom. The summed E-state index contributed by atoms with van der Waals surface area (Å²) >= 11 is 1.88. The van der Waals surface area contributed by atoms with Crippen LogP contribution in [-0.4, -0.2) is 9.97 Å². The molecule has 2 aromatic heterocycles. The summed E-state index contributed by atoms with van der Waals surface area (Å²) in [6.45, 7) is 0. The molecule has 0 spiro atoms. The lowest BCUT2D eigenvalue weighted by Gasteiger charge is -2.09. The van der Waals surface area contributed by atoms with Gasteiger partial charge in [-0.1, -0.05) is 30.3 Å². The highest BCUT2D eigenvalue weighted by Crippen LogP contribution is 2.34. The first-order valence-corrected chi connectivity index (χ1v) is 8.52. The van der Waals surface area contributed by atoms with Crippen molar-refractivity contribution in [1.82, 2.24) is 9.97 Å². The lowest BCUT2D eigenvalue weighted by Crippen LogP contribution is -1.99. The Morgan fingerprint density at radius 2 is 1.86 bits per heavy atom. The lowest BCUT2D eigenvalue weighted by atomic mass is 9.97. The molecule has 3 heteroatoms. The molecule has 2 heterocycles. The Balaban J connectivity index is 1.59. The van der Waals surface area contributed by atoms with Crippen LogP contribution in [0.15, 0.2) is 36.5 Å². The number of aromatic nitrogens is 2. The van der Waals surface area contributed by atoms with Crippen molar-refractivity contribution in [2.45, 2.75) is 38.5 Å². The van der Waals surface area contributed by atoms with Crippen LogP contribution in [0.3, 0.4) is 0 Å². The Morgan fingerprint density at radius 1 is 1.00 bits per heavy atom. The Bertz CT molecular complexity index is 761. The van der Waals surface area contributed by atoms with Gasteiger partial charge in [-0.05, 0) is 43.2 Å². The second-order valence-corrected chi connectivity index (χ2v) is 6.79. The Kier molecular flexibility index (Phi) is 3.44. The van der Waals surface area contributed by atoms with Gasteiger partial charge < -0.3 is 0 Å². The highest BCUT2D eigenvalue weighted by atomic mass is 32.1. The molecule has 4 rings (SSSR count). The zero-order valence-corrected chi connectivity index (χ0v) is 12.8. The highest BCUT2D eigenvalue weighted by Gasteiger charge is 2.17. The number of aryl methyl sites for hydroxylation is 4. The van der Waals surface area contributed by atoms with E-state index in [-0.39, 0.29) is 0 Å². The molecule has 0 aliphatic heterocycles. The Hall–Kier alpha value is -1.74. The minimum Gasteiger partial charge on any atom is -0.241 e. The maximum absolute atomic E-state index is 4.80. The van der Waals surface area contributed by atoms with Crippen LogP contribution in [0.2, 0.25) is 0 Å². The molecule has 0 unspecified atom stereocenters. The zero-order valence-electron chi connectivity index (χ0n) is 12.0. The van der Waals surface area contributed by atoms with Crippen molar-refractivity contribution in [2.24, 2.45) is 0 Å². The monoisotopic (exact) mass is 294 g/mol. The predicted molar refractivity (Wildman–Crippen MR) is 87.9 cm³/mol. The van der Waals surface area contributed by atoms with Crippen molar-refractivity contribution < 1.29 is 0 Å². The van der Waals surface area contributed by atoms with Crippen LogP contribution in [0, 0.1) is 0 Å². The van der Waals surface area contributed by atoms with Gasteiger partial charge in [0.25, 0.3) is 0 Å². The summed E-state index contributed by atoms with van der Waals surface area (Å²) in [6.07, 6.45) is 9.07. The van der Waals surface area contributed by atoms with E-state index in [1.165, 1.54) is 47.0 Å². The van der Waals surface area contributed by atoms with Gasteiger partial charge in [-0.3, -0.25) is 0 Å². The number of hydrogen-bond donors (Lipinski definition) is 0. The molecule has 0 bridgehead atoms. The summed E-state index contributed by atoms with van der Waals surface area (Å²) < 4.78 is 0. The first kappa shape index (κ1) is 13.0. The molecule has 0 amide bonds. The van der Waals surface area contributed by atoms with Crippen LogP contribution in [0.5, 0.6) is 0 Å². The smallest absolute Gasteiger partial charge is 0.130 e. The second-order valence-electron chi connectivity index (χ2n) is 5.70. The summed E-state index contributed by atoms with van der Waals surface area (Å²) in [4.78, 5) is 12.1. The molecule has 2 nitrogen and oxygen atoms in total. The van der Waals surface area contributed by atoms with E-state index in [0.29, 0.717) is 0 Å². The molecule has 0 saturated heterocycles. The van der Waals surface area contributed by atoms with Crippen molar-refractivity contribution >= 4 is 21.6 Å². The summed E-state index contributed by atoms with van der Waals surface area (Å²) in [6, 6.07) is 10.6. The van der Waals surface area contributed by atoms with E-state index in [9.17, 15) is 0 Å². The number of thiophene rings is 1. The van der Waals surface area contributed by atoms with Gasteiger partial charge >= 0.3 is 0 Å². The average molecular weight is 294 g/mol. The molecule has 21 heavy (non-hydrogen) atoms. The SMILES string of the molecule is c1ccc(CCc2ncc3c4c(sc3n2)CCCC4)cc1. The van der Waals surface area contributed by atoms with Crippen molar-refractivity contribution in [3.8, 4) is 0 Å². The van der Waals surface area contributed by atoms with Crippen LogP contribution in [0.1, 0.15) is 34.7 Å². The van der Waals surface area contributed by atoms with Gasteiger partial charge in [0, 0.05) is 22.9 Å². The van der Waals surface area contributed by atoms with E-state index in [4.69, 9.17) is 4.98 Å². The summed E-state index contributed by atoms with van der Waals surface area (Å²) in [7, 11) is 0. The van der Waals surface area contributed by atoms with Gasteiger partial charge in [0.05, 0.1) is 0 Å². The normalized spacial score (nSPS) is 14.3.